The van der Waals surface area contributed by atoms with Gasteiger partial charge in [-0.25, -0.2) is 0 Å². The molecule has 0 radical (unpaired) electrons. The number of ether oxygens (including phenoxy) is 2. The summed E-state index contributed by atoms with van der Waals surface area (Å²) in [4.78, 5) is 29.3. The molecule has 0 aliphatic carbocycles. The zero-order chi connectivity index (χ0) is 24.5. The minimum atomic E-state index is -0.570. The Balaban J connectivity index is 1.57. The van der Waals surface area contributed by atoms with Crippen LogP contribution in [0.5, 0.6) is 11.5 Å². The van der Waals surface area contributed by atoms with Gasteiger partial charge in [-0.05, 0) is 52.8 Å². The predicted molar refractivity (Wildman–Crippen MR) is 134 cm³/mol. The van der Waals surface area contributed by atoms with Gasteiger partial charge < -0.3 is 19.7 Å². The van der Waals surface area contributed by atoms with Crippen LogP contribution in [0.3, 0.4) is 0 Å². The quantitative estimate of drug-likeness (QED) is 0.579. The summed E-state index contributed by atoms with van der Waals surface area (Å²) in [5.74, 6) is 0.214. The van der Waals surface area contributed by atoms with Gasteiger partial charge in [0.1, 0.15) is 0 Å². The first kappa shape index (κ1) is 23.0. The van der Waals surface area contributed by atoms with E-state index in [1.807, 2.05) is 35.2 Å². The first-order chi connectivity index (χ1) is 17.0. The molecule has 0 saturated heterocycles. The van der Waals surface area contributed by atoms with Crippen LogP contribution in [-0.4, -0.2) is 37.5 Å². The Bertz CT molecular complexity index is 1270. The SMILES string of the molecule is CCc1ccc(CNC(=O)[C@@H]2c3cc(OC)c(OC)cc3C(=O)N3CCc4ccccc4[C@@H]23)cc1. The largest absolute Gasteiger partial charge is 0.493 e. The Hall–Kier alpha value is -3.80. The second kappa shape index (κ2) is 9.45. The van der Waals surface area contributed by atoms with Gasteiger partial charge in [0.15, 0.2) is 11.5 Å². The predicted octanol–water partition coefficient (Wildman–Crippen LogP) is 4.42. The van der Waals surface area contributed by atoms with E-state index in [2.05, 4.69) is 30.4 Å². The highest BCUT2D eigenvalue weighted by atomic mass is 16.5. The van der Waals surface area contributed by atoms with Crippen molar-refractivity contribution in [1.29, 1.82) is 0 Å². The minimum Gasteiger partial charge on any atom is -0.493 e. The third kappa shape index (κ3) is 4.03. The molecule has 2 atom stereocenters. The van der Waals surface area contributed by atoms with Crippen molar-refractivity contribution >= 4 is 11.8 Å². The number of carbonyl (C=O) groups is 2. The van der Waals surface area contributed by atoms with E-state index in [9.17, 15) is 9.59 Å². The second-order valence-electron chi connectivity index (χ2n) is 9.05. The molecule has 2 aliphatic heterocycles. The molecule has 1 N–H and O–H groups in total. The summed E-state index contributed by atoms with van der Waals surface area (Å²) >= 11 is 0. The highest BCUT2D eigenvalue weighted by Gasteiger charge is 2.46. The molecule has 2 amide bonds. The van der Waals surface area contributed by atoms with Crippen molar-refractivity contribution in [2.75, 3.05) is 20.8 Å². The van der Waals surface area contributed by atoms with Gasteiger partial charge in [-0.3, -0.25) is 9.59 Å². The van der Waals surface area contributed by atoms with Crippen LogP contribution in [0.2, 0.25) is 0 Å². The summed E-state index contributed by atoms with van der Waals surface area (Å²) in [6.07, 6.45) is 1.74. The number of hydrogen-bond donors (Lipinski definition) is 1. The fourth-order valence-electron chi connectivity index (χ4n) is 5.32. The van der Waals surface area contributed by atoms with E-state index in [1.165, 1.54) is 11.1 Å². The molecule has 0 unspecified atom stereocenters. The van der Waals surface area contributed by atoms with Gasteiger partial charge in [-0.2, -0.15) is 0 Å². The molecule has 3 aromatic carbocycles. The van der Waals surface area contributed by atoms with Crippen molar-refractivity contribution in [3.63, 3.8) is 0 Å². The molecule has 6 heteroatoms. The van der Waals surface area contributed by atoms with E-state index >= 15 is 0 Å². The zero-order valence-corrected chi connectivity index (χ0v) is 20.3. The lowest BCUT2D eigenvalue weighted by atomic mass is 9.75. The summed E-state index contributed by atoms with van der Waals surface area (Å²) < 4.78 is 11.0. The van der Waals surface area contributed by atoms with Crippen molar-refractivity contribution in [2.45, 2.75) is 38.3 Å². The van der Waals surface area contributed by atoms with Gasteiger partial charge >= 0.3 is 0 Å². The highest BCUT2D eigenvalue weighted by molar-refractivity contribution is 6.02. The first-order valence-corrected chi connectivity index (χ1v) is 12.1. The number of carbonyl (C=O) groups excluding carboxylic acids is 2. The third-order valence-electron chi connectivity index (χ3n) is 7.21. The Kier molecular flexibility index (Phi) is 6.20. The number of nitrogens with one attached hydrogen (secondary N) is 1. The zero-order valence-electron chi connectivity index (χ0n) is 20.3. The maximum absolute atomic E-state index is 13.9. The Morgan fingerprint density at radius 1 is 0.971 bits per heavy atom. The van der Waals surface area contributed by atoms with Crippen LogP contribution in [0.1, 0.15) is 57.1 Å². The molecular formula is C29H30N2O4. The van der Waals surface area contributed by atoms with Crippen LogP contribution in [-0.2, 0) is 24.2 Å². The molecule has 0 saturated carbocycles. The van der Waals surface area contributed by atoms with Gasteiger partial charge in [-0.15, -0.1) is 0 Å². The molecule has 2 aliphatic rings. The van der Waals surface area contributed by atoms with E-state index in [0.717, 1.165) is 24.0 Å². The van der Waals surface area contributed by atoms with E-state index < -0.39 is 5.92 Å². The third-order valence-corrected chi connectivity index (χ3v) is 7.21. The fourth-order valence-corrected chi connectivity index (χ4v) is 5.32. The maximum Gasteiger partial charge on any atom is 0.254 e. The minimum absolute atomic E-state index is 0.0836. The monoisotopic (exact) mass is 470 g/mol. The maximum atomic E-state index is 13.9. The average Bonchev–Trinajstić information content (AvgIpc) is 2.91. The lowest BCUT2D eigenvalue weighted by Gasteiger charge is -2.45. The number of methoxy groups -OCH3 is 2. The van der Waals surface area contributed by atoms with Crippen LogP contribution < -0.4 is 14.8 Å². The number of benzene rings is 3. The molecule has 5 rings (SSSR count). The number of amides is 2. The Morgan fingerprint density at radius 3 is 2.37 bits per heavy atom. The smallest absolute Gasteiger partial charge is 0.254 e. The number of aryl methyl sites for hydroxylation is 1. The molecule has 35 heavy (non-hydrogen) atoms. The van der Waals surface area contributed by atoms with E-state index in [1.54, 1.807) is 26.4 Å². The van der Waals surface area contributed by atoms with E-state index in [0.29, 0.717) is 35.7 Å². The van der Waals surface area contributed by atoms with Gasteiger partial charge in [-0.1, -0.05) is 55.5 Å². The van der Waals surface area contributed by atoms with Crippen LogP contribution in [0.15, 0.2) is 60.7 Å². The van der Waals surface area contributed by atoms with Crippen LogP contribution in [0.4, 0.5) is 0 Å². The summed E-state index contributed by atoms with van der Waals surface area (Å²) in [6.45, 7) is 3.11. The summed E-state index contributed by atoms with van der Waals surface area (Å²) in [6, 6.07) is 19.5. The molecule has 6 nitrogen and oxygen atoms in total. The lowest BCUT2D eigenvalue weighted by Crippen LogP contribution is -2.50. The van der Waals surface area contributed by atoms with Crippen molar-refractivity contribution in [2.24, 2.45) is 0 Å². The van der Waals surface area contributed by atoms with Crippen molar-refractivity contribution < 1.29 is 19.1 Å². The van der Waals surface area contributed by atoms with Crippen LogP contribution in [0, 0.1) is 0 Å². The standard InChI is InChI=1S/C29H30N2O4/c1-4-18-9-11-19(12-10-18)17-30-28(32)26-22-15-24(34-2)25(35-3)16-23(22)29(33)31-14-13-20-7-5-6-8-21(20)27(26)31/h5-12,15-16,26-27H,4,13-14,17H2,1-3H3,(H,30,32)/t26-,27+/m1/s1. The normalized spacial score (nSPS) is 18.3. The molecule has 0 spiro atoms. The molecule has 2 heterocycles. The van der Waals surface area contributed by atoms with Crippen molar-refractivity contribution in [3.8, 4) is 11.5 Å². The van der Waals surface area contributed by atoms with Gasteiger partial charge in [0.2, 0.25) is 5.91 Å². The highest BCUT2D eigenvalue weighted by Crippen LogP contribution is 2.48. The van der Waals surface area contributed by atoms with Crippen LogP contribution >= 0.6 is 0 Å². The van der Waals surface area contributed by atoms with Crippen molar-refractivity contribution in [3.05, 3.63) is 94.0 Å². The average molecular weight is 471 g/mol. The lowest BCUT2D eigenvalue weighted by molar-refractivity contribution is -0.124. The second-order valence-corrected chi connectivity index (χ2v) is 9.05. The number of fused-ring (bicyclic) bond motifs is 4. The first-order valence-electron chi connectivity index (χ1n) is 12.1. The molecule has 0 aromatic heterocycles. The van der Waals surface area contributed by atoms with Gasteiger partial charge in [0.05, 0.1) is 26.2 Å². The van der Waals surface area contributed by atoms with Crippen molar-refractivity contribution in [1.82, 2.24) is 10.2 Å². The Labute approximate surface area is 205 Å². The summed E-state index contributed by atoms with van der Waals surface area (Å²) in [5, 5.41) is 3.14. The van der Waals surface area contributed by atoms with Gasteiger partial charge in [0.25, 0.3) is 5.91 Å². The topological polar surface area (TPSA) is 67.9 Å². The molecular weight excluding hydrogens is 440 g/mol. The summed E-state index contributed by atoms with van der Waals surface area (Å²) in [5.41, 5.74) is 5.67. The van der Waals surface area contributed by atoms with E-state index in [4.69, 9.17) is 9.47 Å². The summed E-state index contributed by atoms with van der Waals surface area (Å²) in [7, 11) is 3.11. The fraction of sp³-hybridized carbons (Fsp3) is 0.310. The number of nitrogens with zero attached hydrogens (tertiary/aromatic N) is 1. The van der Waals surface area contributed by atoms with E-state index in [-0.39, 0.29) is 17.9 Å². The molecule has 0 fully saturated rings. The molecule has 3 aromatic rings. The molecule has 180 valence electrons. The van der Waals surface area contributed by atoms with Crippen LogP contribution in [0.25, 0.3) is 0 Å². The molecule has 0 bridgehead atoms. The number of hydrogen-bond acceptors (Lipinski definition) is 4. The number of rotatable bonds is 6. The Morgan fingerprint density at radius 2 is 1.66 bits per heavy atom. The van der Waals surface area contributed by atoms with Gasteiger partial charge in [0, 0.05) is 18.7 Å².